The summed E-state index contributed by atoms with van der Waals surface area (Å²) in [6.45, 7) is 2.13. The van der Waals surface area contributed by atoms with E-state index in [0.717, 1.165) is 23.2 Å². The van der Waals surface area contributed by atoms with E-state index < -0.39 is 0 Å². The second-order valence-corrected chi connectivity index (χ2v) is 5.80. The molecule has 0 aliphatic heterocycles. The molecule has 20 heavy (non-hydrogen) atoms. The quantitative estimate of drug-likeness (QED) is 0.765. The summed E-state index contributed by atoms with van der Waals surface area (Å²) in [5.74, 6) is -0.190. The maximum Gasteiger partial charge on any atom is 0.123 e. The number of fused-ring (bicyclic) bond motifs is 1. The number of hydrogen-bond acceptors (Lipinski definition) is 3. The maximum absolute atomic E-state index is 12.9. The van der Waals surface area contributed by atoms with Crippen LogP contribution in [-0.4, -0.2) is 11.0 Å². The predicted molar refractivity (Wildman–Crippen MR) is 82.8 cm³/mol. The lowest BCUT2D eigenvalue weighted by Crippen LogP contribution is -2.17. The van der Waals surface area contributed by atoms with Gasteiger partial charge in [-0.25, -0.2) is 9.37 Å². The normalized spacial score (nSPS) is 12.5. The highest BCUT2D eigenvalue weighted by Gasteiger charge is 2.05. The molecule has 0 saturated heterocycles. The van der Waals surface area contributed by atoms with E-state index in [1.807, 2.05) is 29.8 Å². The Bertz CT molecular complexity index is 706. The van der Waals surface area contributed by atoms with Gasteiger partial charge in [0.05, 0.1) is 15.7 Å². The van der Waals surface area contributed by atoms with Gasteiger partial charge >= 0.3 is 0 Å². The molecule has 0 bridgehead atoms. The summed E-state index contributed by atoms with van der Waals surface area (Å²) in [7, 11) is 0. The SMILES string of the molecule is CC(Cc1ccc(F)cc1)Nc1ccc2ncsc2c1. The molecular weight excluding hydrogens is 271 g/mol. The summed E-state index contributed by atoms with van der Waals surface area (Å²) in [5.41, 5.74) is 5.12. The number of thiazole rings is 1. The van der Waals surface area contributed by atoms with Crippen LogP contribution in [0.2, 0.25) is 0 Å². The Hall–Kier alpha value is -1.94. The highest BCUT2D eigenvalue weighted by atomic mass is 32.1. The lowest BCUT2D eigenvalue weighted by atomic mass is 10.1. The van der Waals surface area contributed by atoms with Crippen LogP contribution in [0.5, 0.6) is 0 Å². The number of rotatable bonds is 4. The highest BCUT2D eigenvalue weighted by Crippen LogP contribution is 2.22. The number of nitrogens with one attached hydrogen (secondary N) is 1. The van der Waals surface area contributed by atoms with E-state index in [-0.39, 0.29) is 11.9 Å². The van der Waals surface area contributed by atoms with Crippen LogP contribution in [0.3, 0.4) is 0 Å². The molecule has 3 aromatic rings. The zero-order valence-corrected chi connectivity index (χ0v) is 12.0. The molecule has 1 aromatic heterocycles. The second-order valence-electron chi connectivity index (χ2n) is 4.91. The Kier molecular flexibility index (Phi) is 3.65. The number of nitrogens with zero attached hydrogens (tertiary/aromatic N) is 1. The lowest BCUT2D eigenvalue weighted by molar-refractivity contribution is 0.626. The maximum atomic E-state index is 12.9. The number of halogens is 1. The number of anilines is 1. The van der Waals surface area contributed by atoms with Crippen molar-refractivity contribution in [1.29, 1.82) is 0 Å². The second kappa shape index (κ2) is 5.59. The van der Waals surface area contributed by atoms with E-state index in [1.165, 1.54) is 16.8 Å². The molecule has 1 N–H and O–H groups in total. The van der Waals surface area contributed by atoms with Crippen LogP contribution in [0, 0.1) is 5.82 Å². The first-order valence-corrected chi connectivity index (χ1v) is 7.43. The van der Waals surface area contributed by atoms with Crippen LogP contribution in [0.15, 0.2) is 48.0 Å². The Morgan fingerprint density at radius 3 is 2.80 bits per heavy atom. The van der Waals surface area contributed by atoms with E-state index >= 15 is 0 Å². The van der Waals surface area contributed by atoms with Crippen molar-refractivity contribution in [3.8, 4) is 0 Å². The Morgan fingerprint density at radius 1 is 1.20 bits per heavy atom. The molecule has 2 nitrogen and oxygen atoms in total. The topological polar surface area (TPSA) is 24.9 Å². The smallest absolute Gasteiger partial charge is 0.123 e. The van der Waals surface area contributed by atoms with E-state index in [4.69, 9.17) is 0 Å². The number of aromatic nitrogens is 1. The van der Waals surface area contributed by atoms with E-state index in [2.05, 4.69) is 23.3 Å². The van der Waals surface area contributed by atoms with Crippen molar-refractivity contribution < 1.29 is 4.39 Å². The average Bonchev–Trinajstić information content (AvgIpc) is 2.89. The average molecular weight is 286 g/mol. The highest BCUT2D eigenvalue weighted by molar-refractivity contribution is 7.16. The van der Waals surface area contributed by atoms with Crippen molar-refractivity contribution in [3.05, 3.63) is 59.4 Å². The number of hydrogen-bond donors (Lipinski definition) is 1. The van der Waals surface area contributed by atoms with Gasteiger partial charge in [0.25, 0.3) is 0 Å². The molecule has 0 amide bonds. The summed E-state index contributed by atoms with van der Waals surface area (Å²) >= 11 is 1.64. The van der Waals surface area contributed by atoms with Crippen molar-refractivity contribution in [3.63, 3.8) is 0 Å². The molecule has 2 aromatic carbocycles. The molecule has 0 aliphatic rings. The monoisotopic (exact) mass is 286 g/mol. The molecule has 0 radical (unpaired) electrons. The van der Waals surface area contributed by atoms with Crippen molar-refractivity contribution in [1.82, 2.24) is 4.98 Å². The molecule has 1 atom stereocenters. The molecular formula is C16H15FN2S. The molecule has 0 spiro atoms. The van der Waals surface area contributed by atoms with Gasteiger partial charge in [0.1, 0.15) is 5.82 Å². The third-order valence-electron chi connectivity index (χ3n) is 3.20. The van der Waals surface area contributed by atoms with Gasteiger partial charge in [-0.3, -0.25) is 0 Å². The van der Waals surface area contributed by atoms with Crippen LogP contribution in [0.1, 0.15) is 12.5 Å². The standard InChI is InChI=1S/C16H15FN2S/c1-11(8-12-2-4-13(17)5-3-12)19-14-6-7-15-16(9-14)20-10-18-15/h2-7,9-11,19H,8H2,1H3. The summed E-state index contributed by atoms with van der Waals surface area (Å²) in [6.07, 6.45) is 0.862. The lowest BCUT2D eigenvalue weighted by Gasteiger charge is -2.15. The fraction of sp³-hybridized carbons (Fsp3) is 0.188. The minimum absolute atomic E-state index is 0.190. The summed E-state index contributed by atoms with van der Waals surface area (Å²) in [5, 5.41) is 3.47. The van der Waals surface area contributed by atoms with E-state index in [1.54, 1.807) is 11.3 Å². The number of benzene rings is 2. The molecule has 1 heterocycles. The fourth-order valence-electron chi connectivity index (χ4n) is 2.25. The molecule has 0 saturated carbocycles. The van der Waals surface area contributed by atoms with E-state index in [0.29, 0.717) is 0 Å². The molecule has 102 valence electrons. The Morgan fingerprint density at radius 2 is 2.00 bits per heavy atom. The molecule has 3 rings (SSSR count). The van der Waals surface area contributed by atoms with Gasteiger partial charge in [-0.05, 0) is 49.2 Å². The van der Waals surface area contributed by atoms with Crippen molar-refractivity contribution >= 4 is 27.2 Å². The van der Waals surface area contributed by atoms with Crippen molar-refractivity contribution in [2.75, 3.05) is 5.32 Å². The molecule has 4 heteroatoms. The van der Waals surface area contributed by atoms with Crippen LogP contribution >= 0.6 is 11.3 Å². The van der Waals surface area contributed by atoms with Crippen molar-refractivity contribution in [2.24, 2.45) is 0 Å². The first-order valence-electron chi connectivity index (χ1n) is 6.55. The molecule has 0 fully saturated rings. The van der Waals surface area contributed by atoms with Gasteiger partial charge in [0.2, 0.25) is 0 Å². The zero-order chi connectivity index (χ0) is 13.9. The van der Waals surface area contributed by atoms with Crippen LogP contribution in [0.4, 0.5) is 10.1 Å². The van der Waals surface area contributed by atoms with E-state index in [9.17, 15) is 4.39 Å². The van der Waals surface area contributed by atoms with Gasteiger partial charge in [0, 0.05) is 11.7 Å². The van der Waals surface area contributed by atoms with Crippen LogP contribution in [-0.2, 0) is 6.42 Å². The van der Waals surface area contributed by atoms with Crippen molar-refractivity contribution in [2.45, 2.75) is 19.4 Å². The first kappa shape index (κ1) is 13.1. The summed E-state index contributed by atoms with van der Waals surface area (Å²) in [4.78, 5) is 4.27. The van der Waals surface area contributed by atoms with Gasteiger partial charge in [-0.2, -0.15) is 0 Å². The van der Waals surface area contributed by atoms with Crippen LogP contribution in [0.25, 0.3) is 10.2 Å². The summed E-state index contributed by atoms with van der Waals surface area (Å²) in [6, 6.07) is 13.2. The zero-order valence-electron chi connectivity index (χ0n) is 11.1. The minimum Gasteiger partial charge on any atom is -0.382 e. The fourth-order valence-corrected chi connectivity index (χ4v) is 2.97. The largest absolute Gasteiger partial charge is 0.382 e. The first-order chi connectivity index (χ1) is 9.70. The third-order valence-corrected chi connectivity index (χ3v) is 3.99. The van der Waals surface area contributed by atoms with Gasteiger partial charge in [-0.15, -0.1) is 11.3 Å². The molecule has 1 unspecified atom stereocenters. The van der Waals surface area contributed by atoms with Gasteiger partial charge in [0.15, 0.2) is 0 Å². The Labute approximate surface area is 121 Å². The summed E-state index contributed by atoms with van der Waals surface area (Å²) < 4.78 is 14.1. The predicted octanol–water partition coefficient (Wildman–Crippen LogP) is 4.48. The Balaban J connectivity index is 1.68. The van der Waals surface area contributed by atoms with Gasteiger partial charge < -0.3 is 5.32 Å². The van der Waals surface area contributed by atoms with Crippen LogP contribution < -0.4 is 5.32 Å². The minimum atomic E-state index is -0.190. The molecule has 0 aliphatic carbocycles. The van der Waals surface area contributed by atoms with Gasteiger partial charge in [-0.1, -0.05) is 12.1 Å². The third kappa shape index (κ3) is 2.96.